The van der Waals surface area contributed by atoms with Crippen LogP contribution in [0.1, 0.15) is 32.6 Å². The zero-order valence-electron chi connectivity index (χ0n) is 17.3. The predicted molar refractivity (Wildman–Crippen MR) is 117 cm³/mol. The first-order valence-corrected chi connectivity index (χ1v) is 9.62. The van der Waals surface area contributed by atoms with Crippen molar-refractivity contribution in [2.24, 2.45) is 0 Å². The Kier molecular flexibility index (Phi) is 6.73. The van der Waals surface area contributed by atoms with Crippen molar-refractivity contribution < 1.29 is 22.8 Å². The molecule has 0 aliphatic heterocycles. The number of aryl methyl sites for hydroxylation is 2. The summed E-state index contributed by atoms with van der Waals surface area (Å²) >= 11 is 0. The molecule has 0 atom stereocenters. The SMILES string of the molecule is Cc1ccc(C(=O)Nc2ccc(C)c(C(F)(F)F)c2)cc1NC(=O)/C=C/c1cccnc1. The molecule has 1 aromatic heterocycles. The molecule has 0 saturated carbocycles. The number of nitrogens with one attached hydrogen (secondary N) is 2. The van der Waals surface area contributed by atoms with E-state index in [-0.39, 0.29) is 16.8 Å². The lowest BCUT2D eigenvalue weighted by Crippen LogP contribution is -2.15. The molecule has 0 fully saturated rings. The number of anilines is 2. The molecule has 164 valence electrons. The number of rotatable bonds is 5. The van der Waals surface area contributed by atoms with Crippen molar-refractivity contribution in [3.63, 3.8) is 0 Å². The first kappa shape index (κ1) is 22.7. The first-order valence-electron chi connectivity index (χ1n) is 9.62. The van der Waals surface area contributed by atoms with Gasteiger partial charge in [-0.25, -0.2) is 0 Å². The van der Waals surface area contributed by atoms with Crippen molar-refractivity contribution in [1.29, 1.82) is 0 Å². The highest BCUT2D eigenvalue weighted by molar-refractivity contribution is 6.07. The van der Waals surface area contributed by atoms with Crippen LogP contribution in [0.3, 0.4) is 0 Å². The van der Waals surface area contributed by atoms with E-state index in [2.05, 4.69) is 15.6 Å². The maximum absolute atomic E-state index is 13.1. The molecular weight excluding hydrogens is 419 g/mol. The number of pyridine rings is 1. The van der Waals surface area contributed by atoms with Crippen molar-refractivity contribution in [2.45, 2.75) is 20.0 Å². The quantitative estimate of drug-likeness (QED) is 0.507. The van der Waals surface area contributed by atoms with Gasteiger partial charge in [0.2, 0.25) is 5.91 Å². The third kappa shape index (κ3) is 5.81. The lowest BCUT2D eigenvalue weighted by atomic mass is 10.1. The van der Waals surface area contributed by atoms with Gasteiger partial charge in [0.15, 0.2) is 0 Å². The summed E-state index contributed by atoms with van der Waals surface area (Å²) in [5, 5.41) is 5.17. The zero-order valence-corrected chi connectivity index (χ0v) is 17.3. The third-order valence-electron chi connectivity index (χ3n) is 4.67. The summed E-state index contributed by atoms with van der Waals surface area (Å²) in [5.41, 5.74) is 1.36. The van der Waals surface area contributed by atoms with Gasteiger partial charge in [0.05, 0.1) is 5.56 Å². The number of benzene rings is 2. The van der Waals surface area contributed by atoms with E-state index in [0.717, 1.165) is 17.2 Å². The van der Waals surface area contributed by atoms with Gasteiger partial charge in [-0.1, -0.05) is 18.2 Å². The Bertz CT molecular complexity index is 1170. The molecule has 1 heterocycles. The highest BCUT2D eigenvalue weighted by atomic mass is 19.4. The molecule has 0 bridgehead atoms. The van der Waals surface area contributed by atoms with Gasteiger partial charge in [0, 0.05) is 35.4 Å². The number of carbonyl (C=O) groups excluding carboxylic acids is 2. The minimum Gasteiger partial charge on any atom is -0.322 e. The van der Waals surface area contributed by atoms with Crippen molar-refractivity contribution in [3.8, 4) is 0 Å². The van der Waals surface area contributed by atoms with Crippen LogP contribution in [0.5, 0.6) is 0 Å². The lowest BCUT2D eigenvalue weighted by Gasteiger charge is -2.13. The molecule has 8 heteroatoms. The smallest absolute Gasteiger partial charge is 0.322 e. The van der Waals surface area contributed by atoms with Crippen LogP contribution in [0, 0.1) is 13.8 Å². The molecule has 3 rings (SSSR count). The van der Waals surface area contributed by atoms with Crippen molar-refractivity contribution in [3.05, 3.63) is 94.8 Å². The van der Waals surface area contributed by atoms with Crippen LogP contribution in [0.2, 0.25) is 0 Å². The first-order chi connectivity index (χ1) is 15.1. The van der Waals surface area contributed by atoms with Gasteiger partial charge < -0.3 is 10.6 Å². The second-order valence-electron chi connectivity index (χ2n) is 7.12. The van der Waals surface area contributed by atoms with Gasteiger partial charge in [-0.05, 0) is 66.9 Å². The van der Waals surface area contributed by atoms with E-state index >= 15 is 0 Å². The van der Waals surface area contributed by atoms with Crippen molar-refractivity contribution >= 4 is 29.3 Å². The summed E-state index contributed by atoms with van der Waals surface area (Å²) < 4.78 is 39.4. The average molecular weight is 439 g/mol. The van der Waals surface area contributed by atoms with E-state index in [0.29, 0.717) is 5.69 Å². The molecule has 2 N–H and O–H groups in total. The summed E-state index contributed by atoms with van der Waals surface area (Å²) in [6.45, 7) is 3.11. The normalized spacial score (nSPS) is 11.4. The van der Waals surface area contributed by atoms with Gasteiger partial charge in [0.1, 0.15) is 0 Å². The van der Waals surface area contributed by atoms with Crippen LogP contribution in [-0.2, 0) is 11.0 Å². The van der Waals surface area contributed by atoms with Crippen molar-refractivity contribution in [2.75, 3.05) is 10.6 Å². The Morgan fingerprint density at radius 3 is 2.41 bits per heavy atom. The van der Waals surface area contributed by atoms with Crippen LogP contribution >= 0.6 is 0 Å². The summed E-state index contributed by atoms with van der Waals surface area (Å²) in [4.78, 5) is 28.8. The van der Waals surface area contributed by atoms with E-state index < -0.39 is 23.6 Å². The number of nitrogens with zero attached hydrogens (tertiary/aromatic N) is 1. The Balaban J connectivity index is 1.74. The average Bonchev–Trinajstić information content (AvgIpc) is 2.75. The molecule has 5 nitrogen and oxygen atoms in total. The highest BCUT2D eigenvalue weighted by Crippen LogP contribution is 2.33. The van der Waals surface area contributed by atoms with E-state index in [1.54, 1.807) is 43.6 Å². The van der Waals surface area contributed by atoms with Gasteiger partial charge in [-0.15, -0.1) is 0 Å². The molecule has 3 aromatic rings. The van der Waals surface area contributed by atoms with Crippen LogP contribution < -0.4 is 10.6 Å². The molecule has 0 spiro atoms. The molecule has 32 heavy (non-hydrogen) atoms. The van der Waals surface area contributed by atoms with Crippen LogP contribution in [-0.4, -0.2) is 16.8 Å². The summed E-state index contributed by atoms with van der Waals surface area (Å²) in [6.07, 6.45) is 1.65. The maximum Gasteiger partial charge on any atom is 0.416 e. The fraction of sp³-hybridized carbons (Fsp3) is 0.125. The van der Waals surface area contributed by atoms with Gasteiger partial charge in [0.25, 0.3) is 5.91 Å². The molecule has 2 aromatic carbocycles. The molecule has 0 unspecified atom stereocenters. The second kappa shape index (κ2) is 9.47. The minimum atomic E-state index is -4.52. The molecule has 2 amide bonds. The molecule has 0 radical (unpaired) electrons. The number of aromatic nitrogens is 1. The van der Waals surface area contributed by atoms with Gasteiger partial charge in [-0.2, -0.15) is 13.2 Å². The Labute approximate surface area is 183 Å². The number of hydrogen-bond acceptors (Lipinski definition) is 3. The van der Waals surface area contributed by atoms with E-state index in [1.165, 1.54) is 37.3 Å². The van der Waals surface area contributed by atoms with E-state index in [4.69, 9.17) is 0 Å². The Morgan fingerprint density at radius 1 is 0.969 bits per heavy atom. The number of halogens is 3. The molecule has 0 aliphatic carbocycles. The van der Waals surface area contributed by atoms with Crippen LogP contribution in [0.4, 0.5) is 24.5 Å². The molecule has 0 aliphatic rings. The highest BCUT2D eigenvalue weighted by Gasteiger charge is 2.32. The molecule has 0 saturated heterocycles. The van der Waals surface area contributed by atoms with Gasteiger partial charge in [-0.3, -0.25) is 14.6 Å². The number of alkyl halides is 3. The fourth-order valence-corrected chi connectivity index (χ4v) is 2.93. The standard InChI is InChI=1S/C24H20F3N3O2/c1-15-6-9-19(13-20(15)24(25,26)27)29-23(32)18-8-5-16(2)21(12-18)30-22(31)10-7-17-4-3-11-28-14-17/h3-14H,1-2H3,(H,29,32)(H,30,31)/b10-7+. The monoisotopic (exact) mass is 439 g/mol. The maximum atomic E-state index is 13.1. The third-order valence-corrected chi connectivity index (χ3v) is 4.67. The van der Waals surface area contributed by atoms with Gasteiger partial charge >= 0.3 is 6.18 Å². The minimum absolute atomic E-state index is 0.0264. The summed E-state index contributed by atoms with van der Waals surface area (Å²) in [7, 11) is 0. The van der Waals surface area contributed by atoms with Crippen LogP contribution in [0.25, 0.3) is 6.08 Å². The fourth-order valence-electron chi connectivity index (χ4n) is 2.93. The molecular formula is C24H20F3N3O2. The predicted octanol–water partition coefficient (Wildman–Crippen LogP) is 5.62. The van der Waals surface area contributed by atoms with Crippen molar-refractivity contribution in [1.82, 2.24) is 4.98 Å². The number of amides is 2. The van der Waals surface area contributed by atoms with Crippen LogP contribution in [0.15, 0.2) is 67.0 Å². The largest absolute Gasteiger partial charge is 0.416 e. The number of carbonyl (C=O) groups is 2. The topological polar surface area (TPSA) is 71.1 Å². The van der Waals surface area contributed by atoms with E-state index in [9.17, 15) is 22.8 Å². The Hall–Kier alpha value is -3.94. The number of hydrogen-bond donors (Lipinski definition) is 2. The summed E-state index contributed by atoms with van der Waals surface area (Å²) in [6, 6.07) is 11.8. The Morgan fingerprint density at radius 2 is 1.72 bits per heavy atom. The van der Waals surface area contributed by atoms with E-state index in [1.807, 2.05) is 0 Å². The summed E-state index contributed by atoms with van der Waals surface area (Å²) in [5.74, 6) is -0.994. The second-order valence-corrected chi connectivity index (χ2v) is 7.12. The zero-order chi connectivity index (χ0) is 23.3. The lowest BCUT2D eigenvalue weighted by molar-refractivity contribution is -0.138.